The molecule has 2 N–H and O–H groups in total. The Morgan fingerprint density at radius 1 is 1.06 bits per heavy atom. The zero-order valence-corrected chi connectivity index (χ0v) is 18.7. The van der Waals surface area contributed by atoms with Crippen LogP contribution < -0.4 is 14.9 Å². The second kappa shape index (κ2) is 9.50. The Labute approximate surface area is 185 Å². The van der Waals surface area contributed by atoms with Gasteiger partial charge in [-0.1, -0.05) is 12.1 Å². The first-order chi connectivity index (χ1) is 15.0. The predicted molar refractivity (Wildman–Crippen MR) is 117 cm³/mol. The number of alkyl halides is 3. The number of benzene rings is 2. The molecule has 1 aliphatic rings. The molecule has 32 heavy (non-hydrogen) atoms. The fraction of sp³-hybridized carbons (Fsp3) is 0.409. The van der Waals surface area contributed by atoms with Crippen molar-refractivity contribution in [2.24, 2.45) is 0 Å². The molecule has 2 aromatic rings. The topological polar surface area (TPSA) is 78.5 Å². The highest BCUT2D eigenvalue weighted by Gasteiger charge is 2.32. The Morgan fingerprint density at radius 2 is 1.75 bits per heavy atom. The Kier molecular flexibility index (Phi) is 7.14. The van der Waals surface area contributed by atoms with Crippen LogP contribution in [0.25, 0.3) is 0 Å². The third-order valence-corrected chi connectivity index (χ3v) is 6.93. The standard InChI is InChI=1S/C22H26F3N3O3S/c1-15-5-6-16(2)20(13-15)32(30,31)26-10-9-21(29)27-18-14-17(22(23,24)25)7-8-19(18)28-11-3-4-12-28/h5-8,13-14,26H,3-4,9-12H2,1-2H3,(H,27,29). The van der Waals surface area contributed by atoms with Crippen LogP contribution in [0.2, 0.25) is 0 Å². The first-order valence-electron chi connectivity index (χ1n) is 10.3. The van der Waals surface area contributed by atoms with E-state index >= 15 is 0 Å². The van der Waals surface area contributed by atoms with Gasteiger partial charge in [0, 0.05) is 26.1 Å². The molecule has 0 bridgehead atoms. The lowest BCUT2D eigenvalue weighted by molar-refractivity contribution is -0.137. The van der Waals surface area contributed by atoms with Crippen molar-refractivity contribution in [1.29, 1.82) is 0 Å². The van der Waals surface area contributed by atoms with E-state index in [-0.39, 0.29) is 23.5 Å². The summed E-state index contributed by atoms with van der Waals surface area (Å²) in [5.41, 5.74) is 1.11. The average molecular weight is 470 g/mol. The monoisotopic (exact) mass is 469 g/mol. The summed E-state index contributed by atoms with van der Waals surface area (Å²) in [7, 11) is -3.82. The summed E-state index contributed by atoms with van der Waals surface area (Å²) in [4.78, 5) is 14.5. The molecule has 174 valence electrons. The van der Waals surface area contributed by atoms with Crippen LogP contribution >= 0.6 is 0 Å². The Hall–Kier alpha value is -2.59. The Bertz CT molecular complexity index is 1100. The molecule has 1 fully saturated rings. The number of carbonyl (C=O) groups is 1. The third-order valence-electron chi connectivity index (χ3n) is 5.32. The zero-order valence-electron chi connectivity index (χ0n) is 17.9. The van der Waals surface area contributed by atoms with Gasteiger partial charge in [-0.15, -0.1) is 0 Å². The van der Waals surface area contributed by atoms with E-state index < -0.39 is 27.7 Å². The van der Waals surface area contributed by atoms with Crippen LogP contribution in [0.15, 0.2) is 41.3 Å². The van der Waals surface area contributed by atoms with Crippen LogP contribution in [0.1, 0.15) is 36.0 Å². The molecule has 0 radical (unpaired) electrons. The van der Waals surface area contributed by atoms with Crippen molar-refractivity contribution in [2.75, 3.05) is 29.9 Å². The van der Waals surface area contributed by atoms with Crippen LogP contribution in [-0.4, -0.2) is 34.0 Å². The molecule has 0 atom stereocenters. The van der Waals surface area contributed by atoms with E-state index in [1.807, 2.05) is 4.90 Å². The van der Waals surface area contributed by atoms with Gasteiger partial charge in [-0.3, -0.25) is 4.79 Å². The number of anilines is 2. The SMILES string of the molecule is Cc1ccc(C)c(S(=O)(=O)NCCC(=O)Nc2cc(C(F)(F)F)ccc2N2CCCC2)c1. The predicted octanol–water partition coefficient (Wildman–Crippen LogP) is 4.23. The highest BCUT2D eigenvalue weighted by molar-refractivity contribution is 7.89. The number of hydrogen-bond acceptors (Lipinski definition) is 4. The first-order valence-corrected chi connectivity index (χ1v) is 11.8. The van der Waals surface area contributed by atoms with Crippen LogP contribution in [0.3, 0.4) is 0 Å². The first kappa shape index (κ1) is 24.1. The molecule has 2 aromatic carbocycles. The number of rotatable bonds is 7. The van der Waals surface area contributed by atoms with E-state index in [1.165, 1.54) is 6.07 Å². The zero-order chi connectivity index (χ0) is 23.5. The normalized spacial score (nSPS) is 14.6. The summed E-state index contributed by atoms with van der Waals surface area (Å²) in [6.07, 6.45) is -2.91. The summed E-state index contributed by atoms with van der Waals surface area (Å²) < 4.78 is 67.0. The van der Waals surface area contributed by atoms with E-state index in [1.54, 1.807) is 32.0 Å². The van der Waals surface area contributed by atoms with Gasteiger partial charge in [0.25, 0.3) is 0 Å². The van der Waals surface area contributed by atoms with Crippen LogP contribution in [0, 0.1) is 13.8 Å². The molecular weight excluding hydrogens is 443 g/mol. The molecule has 1 amide bonds. The molecule has 0 aromatic heterocycles. The summed E-state index contributed by atoms with van der Waals surface area (Å²) in [5.74, 6) is -0.576. The minimum Gasteiger partial charge on any atom is -0.370 e. The molecular formula is C22H26F3N3O3S. The smallest absolute Gasteiger partial charge is 0.370 e. The molecule has 1 heterocycles. The fourth-order valence-electron chi connectivity index (χ4n) is 3.63. The number of nitrogens with zero attached hydrogens (tertiary/aromatic N) is 1. The summed E-state index contributed by atoms with van der Waals surface area (Å²) in [5, 5.41) is 2.53. The molecule has 1 saturated heterocycles. The van der Waals surface area contributed by atoms with E-state index in [9.17, 15) is 26.4 Å². The van der Waals surface area contributed by atoms with Gasteiger partial charge in [0.05, 0.1) is 21.8 Å². The summed E-state index contributed by atoms with van der Waals surface area (Å²) in [6, 6.07) is 8.34. The van der Waals surface area contributed by atoms with Gasteiger partial charge >= 0.3 is 6.18 Å². The van der Waals surface area contributed by atoms with Crippen molar-refractivity contribution >= 4 is 27.3 Å². The van der Waals surface area contributed by atoms with Gasteiger partial charge in [-0.2, -0.15) is 13.2 Å². The molecule has 0 aliphatic carbocycles. The van der Waals surface area contributed by atoms with Gasteiger partial charge < -0.3 is 10.2 Å². The van der Waals surface area contributed by atoms with E-state index in [2.05, 4.69) is 10.0 Å². The number of sulfonamides is 1. The lowest BCUT2D eigenvalue weighted by Crippen LogP contribution is -2.29. The summed E-state index contributed by atoms with van der Waals surface area (Å²) >= 11 is 0. The maximum absolute atomic E-state index is 13.2. The summed E-state index contributed by atoms with van der Waals surface area (Å²) in [6.45, 7) is 4.67. The van der Waals surface area contributed by atoms with Crippen molar-refractivity contribution in [3.8, 4) is 0 Å². The second-order valence-electron chi connectivity index (χ2n) is 7.89. The fourth-order valence-corrected chi connectivity index (χ4v) is 4.99. The van der Waals surface area contributed by atoms with Crippen LogP contribution in [0.4, 0.5) is 24.5 Å². The minimum atomic E-state index is -4.54. The number of amides is 1. The van der Waals surface area contributed by atoms with Gasteiger partial charge in [-0.05, 0) is 62.1 Å². The van der Waals surface area contributed by atoms with Crippen molar-refractivity contribution in [3.05, 3.63) is 53.1 Å². The van der Waals surface area contributed by atoms with Crippen LogP contribution in [0.5, 0.6) is 0 Å². The van der Waals surface area contributed by atoms with E-state index in [4.69, 9.17) is 0 Å². The maximum Gasteiger partial charge on any atom is 0.416 e. The molecule has 1 aliphatic heterocycles. The van der Waals surface area contributed by atoms with Gasteiger partial charge in [0.2, 0.25) is 15.9 Å². The van der Waals surface area contributed by atoms with Crippen molar-refractivity contribution in [3.63, 3.8) is 0 Å². The second-order valence-corrected chi connectivity index (χ2v) is 9.62. The quantitative estimate of drug-likeness (QED) is 0.636. The molecule has 0 spiro atoms. The molecule has 0 saturated carbocycles. The number of hydrogen-bond donors (Lipinski definition) is 2. The van der Waals surface area contributed by atoms with E-state index in [0.717, 1.165) is 30.5 Å². The lowest BCUT2D eigenvalue weighted by Gasteiger charge is -2.23. The molecule has 6 nitrogen and oxygen atoms in total. The highest BCUT2D eigenvalue weighted by atomic mass is 32.2. The maximum atomic E-state index is 13.2. The molecule has 0 unspecified atom stereocenters. The molecule has 10 heteroatoms. The molecule has 3 rings (SSSR count). The third kappa shape index (κ3) is 5.80. The van der Waals surface area contributed by atoms with Crippen molar-refractivity contribution in [1.82, 2.24) is 4.72 Å². The largest absolute Gasteiger partial charge is 0.416 e. The highest BCUT2D eigenvalue weighted by Crippen LogP contribution is 2.36. The number of carbonyl (C=O) groups excluding carboxylic acids is 1. The number of halogens is 3. The van der Waals surface area contributed by atoms with Gasteiger partial charge in [0.1, 0.15) is 0 Å². The van der Waals surface area contributed by atoms with E-state index in [0.29, 0.717) is 24.3 Å². The Balaban J connectivity index is 1.69. The lowest BCUT2D eigenvalue weighted by atomic mass is 10.1. The average Bonchev–Trinajstić information content (AvgIpc) is 3.23. The van der Waals surface area contributed by atoms with Crippen molar-refractivity contribution < 1.29 is 26.4 Å². The van der Waals surface area contributed by atoms with Gasteiger partial charge in [-0.25, -0.2) is 13.1 Å². The van der Waals surface area contributed by atoms with Gasteiger partial charge in [0.15, 0.2) is 0 Å². The number of nitrogens with one attached hydrogen (secondary N) is 2. The Morgan fingerprint density at radius 3 is 2.41 bits per heavy atom. The number of aryl methyl sites for hydroxylation is 2. The van der Waals surface area contributed by atoms with Crippen molar-refractivity contribution in [2.45, 2.75) is 44.2 Å². The minimum absolute atomic E-state index is 0.0733. The van der Waals surface area contributed by atoms with Crippen LogP contribution in [-0.2, 0) is 21.0 Å².